The monoisotopic (exact) mass is 1050 g/mol. The minimum atomic E-state index is -1.58. The molecule has 1 aliphatic rings. The molecule has 0 saturated carbocycles. The van der Waals surface area contributed by atoms with E-state index in [1.54, 1.807) is 6.08 Å². The van der Waals surface area contributed by atoms with E-state index in [2.05, 4.69) is 79.1 Å². The number of aliphatic hydroxyl groups excluding tert-OH is 5. The highest BCUT2D eigenvalue weighted by Crippen LogP contribution is 2.23. The lowest BCUT2D eigenvalue weighted by Gasteiger charge is -2.40. The summed E-state index contributed by atoms with van der Waals surface area (Å²) < 4.78 is 16.6. The quantitative estimate of drug-likeness (QED) is 0.0195. The predicted molar refractivity (Wildman–Crippen MR) is 310 cm³/mol. The summed E-state index contributed by atoms with van der Waals surface area (Å²) in [5.74, 6) is -0.233. The first kappa shape index (κ1) is 69.9. The summed E-state index contributed by atoms with van der Waals surface area (Å²) in [7, 11) is 0. The number of amides is 1. The van der Waals surface area contributed by atoms with Crippen LogP contribution >= 0.6 is 0 Å². The smallest absolute Gasteiger partial charge is 0.305 e. The number of aliphatic hydroxyl groups is 5. The van der Waals surface area contributed by atoms with Crippen molar-refractivity contribution in [3.8, 4) is 0 Å². The molecule has 0 aromatic heterocycles. The number of rotatable bonds is 51. The summed E-state index contributed by atoms with van der Waals surface area (Å²) >= 11 is 0. The number of unbranched alkanes of at least 4 members (excludes halogenated alkanes) is 26. The lowest BCUT2D eigenvalue weighted by atomic mass is 9.99. The summed E-state index contributed by atoms with van der Waals surface area (Å²) in [6.45, 7) is 4.03. The summed E-state index contributed by atoms with van der Waals surface area (Å²) in [6.07, 6.45) is 61.4. The Bertz CT molecular complexity index is 1520. The second-order valence-corrected chi connectivity index (χ2v) is 20.7. The van der Waals surface area contributed by atoms with E-state index in [0.717, 1.165) is 103 Å². The van der Waals surface area contributed by atoms with Crippen LogP contribution in [0, 0.1) is 0 Å². The average molecular weight is 1050 g/mol. The third-order valence-corrected chi connectivity index (χ3v) is 13.8. The van der Waals surface area contributed by atoms with Gasteiger partial charge in [0.15, 0.2) is 6.29 Å². The first-order chi connectivity index (χ1) is 36.7. The van der Waals surface area contributed by atoms with Gasteiger partial charge in [-0.05, 0) is 116 Å². The van der Waals surface area contributed by atoms with Crippen LogP contribution in [0.1, 0.15) is 245 Å². The maximum Gasteiger partial charge on any atom is 0.305 e. The van der Waals surface area contributed by atoms with Crippen LogP contribution < -0.4 is 5.32 Å². The molecule has 11 heteroatoms. The molecule has 1 fully saturated rings. The van der Waals surface area contributed by atoms with Crippen molar-refractivity contribution in [1.82, 2.24) is 5.32 Å². The lowest BCUT2D eigenvalue weighted by Crippen LogP contribution is -2.60. The number of hydrogen-bond donors (Lipinski definition) is 6. The van der Waals surface area contributed by atoms with E-state index in [4.69, 9.17) is 14.2 Å². The molecule has 0 radical (unpaired) electrons. The van der Waals surface area contributed by atoms with Crippen molar-refractivity contribution in [2.45, 2.75) is 288 Å². The molecule has 1 amide bonds. The van der Waals surface area contributed by atoms with Crippen molar-refractivity contribution in [2.24, 2.45) is 0 Å². The highest BCUT2D eigenvalue weighted by molar-refractivity contribution is 5.76. The Morgan fingerprint density at radius 2 is 0.960 bits per heavy atom. The summed E-state index contributed by atoms with van der Waals surface area (Å²) in [6, 6.07) is -0.843. The molecular formula is C64H111NO10. The molecule has 1 heterocycles. The van der Waals surface area contributed by atoms with E-state index in [9.17, 15) is 35.1 Å². The molecule has 432 valence electrons. The third-order valence-electron chi connectivity index (χ3n) is 13.8. The van der Waals surface area contributed by atoms with Gasteiger partial charge in [-0.15, -0.1) is 0 Å². The normalized spacial score (nSPS) is 19.4. The van der Waals surface area contributed by atoms with Gasteiger partial charge >= 0.3 is 5.97 Å². The van der Waals surface area contributed by atoms with Gasteiger partial charge in [-0.2, -0.15) is 0 Å². The van der Waals surface area contributed by atoms with Gasteiger partial charge in [0.25, 0.3) is 0 Å². The Kier molecular flexibility index (Phi) is 49.2. The maximum absolute atomic E-state index is 13.0. The van der Waals surface area contributed by atoms with Gasteiger partial charge in [-0.25, -0.2) is 0 Å². The van der Waals surface area contributed by atoms with Crippen LogP contribution in [-0.2, 0) is 23.8 Å². The standard InChI is InChI=1S/C64H111NO10/c1-3-5-7-9-11-13-14-15-25-29-32-36-40-44-48-52-60(69)73-53-49-45-41-37-33-30-27-24-22-20-18-16-17-19-21-23-26-28-31-35-39-43-47-51-59(68)65-56(57(67)50-46-42-38-34-12-10-8-6-4-2)55-74-64-63(72)62(71)61(70)58(54-66)75-64/h4,6,11-13,15-16,18-19,21,25,34,46,50,56-58,61-64,66-67,70-72H,3,5,7-10,14,17,20,22-24,26-33,35-45,47-49,51-55H2,1-2H3,(H,65,68)/b6-4+,13-11-,18-16-,21-19-,25-15-,34-12+,50-46+. The van der Waals surface area contributed by atoms with E-state index >= 15 is 0 Å². The molecule has 7 unspecified atom stereocenters. The molecule has 11 nitrogen and oxygen atoms in total. The fourth-order valence-electron chi connectivity index (χ4n) is 8.94. The molecule has 1 saturated heterocycles. The van der Waals surface area contributed by atoms with Crippen LogP contribution in [0.2, 0.25) is 0 Å². The molecule has 0 aliphatic carbocycles. The topological polar surface area (TPSA) is 175 Å². The lowest BCUT2D eigenvalue weighted by molar-refractivity contribution is -0.302. The fourth-order valence-corrected chi connectivity index (χ4v) is 8.94. The number of hydrogen-bond acceptors (Lipinski definition) is 10. The van der Waals surface area contributed by atoms with Crippen molar-refractivity contribution in [3.63, 3.8) is 0 Å². The van der Waals surface area contributed by atoms with Crippen molar-refractivity contribution in [2.75, 3.05) is 19.8 Å². The Hall–Kier alpha value is -3.16. The second-order valence-electron chi connectivity index (χ2n) is 20.7. The van der Waals surface area contributed by atoms with E-state index in [1.165, 1.54) is 109 Å². The van der Waals surface area contributed by atoms with Gasteiger partial charge in [0.1, 0.15) is 24.4 Å². The Morgan fingerprint density at radius 1 is 0.520 bits per heavy atom. The zero-order valence-corrected chi connectivity index (χ0v) is 47.5. The Labute approximate surface area is 457 Å². The maximum atomic E-state index is 13.0. The largest absolute Gasteiger partial charge is 0.466 e. The van der Waals surface area contributed by atoms with Gasteiger partial charge < -0.3 is 45.1 Å². The van der Waals surface area contributed by atoms with E-state index < -0.39 is 49.5 Å². The number of allylic oxidation sites excluding steroid dienone is 13. The second kappa shape index (κ2) is 52.9. The summed E-state index contributed by atoms with van der Waals surface area (Å²) in [5.41, 5.74) is 0. The molecule has 0 spiro atoms. The number of carbonyl (C=O) groups excluding carboxylic acids is 2. The SMILES string of the molecule is C/C=C/CC/C=C/CC/C=C/C(O)C(COC1OC(CO)C(O)C(O)C1O)NC(=O)CCCCCCCCC/C=C\C/C=C\CCCCCCCCCCCOC(=O)CCCCCCC/C=C\C/C=C\CCCCC. The number of esters is 1. The molecule has 1 rings (SSSR count). The number of nitrogens with one attached hydrogen (secondary N) is 1. The van der Waals surface area contributed by atoms with Gasteiger partial charge in [-0.1, -0.05) is 201 Å². The van der Waals surface area contributed by atoms with Crippen LogP contribution in [0.25, 0.3) is 0 Å². The number of carbonyl (C=O) groups is 2. The zero-order chi connectivity index (χ0) is 54.5. The third kappa shape index (κ3) is 42.5. The van der Waals surface area contributed by atoms with Crippen molar-refractivity contribution in [1.29, 1.82) is 0 Å². The Balaban J connectivity index is 2.03. The van der Waals surface area contributed by atoms with E-state index in [1.807, 2.05) is 19.1 Å². The minimum Gasteiger partial charge on any atom is -0.466 e. The van der Waals surface area contributed by atoms with Gasteiger partial charge in [0, 0.05) is 12.8 Å². The Morgan fingerprint density at radius 3 is 1.47 bits per heavy atom. The van der Waals surface area contributed by atoms with Crippen LogP contribution in [0.4, 0.5) is 0 Å². The van der Waals surface area contributed by atoms with Crippen molar-refractivity contribution < 1.29 is 49.3 Å². The molecule has 75 heavy (non-hydrogen) atoms. The minimum absolute atomic E-state index is 0.0209. The number of ether oxygens (including phenoxy) is 3. The van der Waals surface area contributed by atoms with Crippen LogP contribution in [0.5, 0.6) is 0 Å². The summed E-state index contributed by atoms with van der Waals surface area (Å²) in [5, 5.41) is 54.1. The highest BCUT2D eigenvalue weighted by Gasteiger charge is 2.44. The molecular weight excluding hydrogens is 943 g/mol. The van der Waals surface area contributed by atoms with Crippen LogP contribution in [0.3, 0.4) is 0 Å². The molecule has 7 atom stereocenters. The first-order valence-corrected chi connectivity index (χ1v) is 30.3. The highest BCUT2D eigenvalue weighted by atomic mass is 16.7. The fraction of sp³-hybridized carbons (Fsp3) is 0.750. The van der Waals surface area contributed by atoms with E-state index in [-0.39, 0.29) is 18.5 Å². The summed E-state index contributed by atoms with van der Waals surface area (Å²) in [4.78, 5) is 25.0. The zero-order valence-electron chi connectivity index (χ0n) is 47.5. The average Bonchev–Trinajstić information content (AvgIpc) is 3.41. The molecule has 6 N–H and O–H groups in total. The predicted octanol–water partition coefficient (Wildman–Crippen LogP) is 14.2. The van der Waals surface area contributed by atoms with Crippen molar-refractivity contribution in [3.05, 3.63) is 85.1 Å². The molecule has 0 aromatic rings. The molecule has 1 aliphatic heterocycles. The van der Waals surface area contributed by atoms with E-state index in [0.29, 0.717) is 25.9 Å². The molecule has 0 aromatic carbocycles. The van der Waals surface area contributed by atoms with Gasteiger partial charge in [0.05, 0.1) is 32.0 Å². The van der Waals surface area contributed by atoms with Crippen LogP contribution in [0.15, 0.2) is 85.1 Å². The van der Waals surface area contributed by atoms with Gasteiger partial charge in [-0.3, -0.25) is 9.59 Å². The first-order valence-electron chi connectivity index (χ1n) is 30.3. The van der Waals surface area contributed by atoms with Crippen LogP contribution in [-0.4, -0.2) is 100 Å². The van der Waals surface area contributed by atoms with Crippen molar-refractivity contribution >= 4 is 11.9 Å². The van der Waals surface area contributed by atoms with Gasteiger partial charge in [0.2, 0.25) is 5.91 Å². The molecule has 0 bridgehead atoms.